The molecular formula is C14H16ClN. The molecule has 0 unspecified atom stereocenters. The molecular weight excluding hydrogens is 218 g/mol. The summed E-state index contributed by atoms with van der Waals surface area (Å²) in [5.74, 6) is 0. The van der Waals surface area contributed by atoms with Crippen molar-refractivity contribution in [3.63, 3.8) is 0 Å². The first-order valence-electron chi connectivity index (χ1n) is 5.38. The predicted molar refractivity (Wildman–Crippen MR) is 70.0 cm³/mol. The van der Waals surface area contributed by atoms with Crippen LogP contribution in [-0.4, -0.2) is 4.98 Å². The molecule has 0 radical (unpaired) electrons. The summed E-state index contributed by atoms with van der Waals surface area (Å²) >= 11 is 0. The quantitative estimate of drug-likeness (QED) is 0.785. The Bertz CT molecular complexity index is 346. The molecule has 0 bridgehead atoms. The van der Waals surface area contributed by atoms with Crippen LogP contribution >= 0.6 is 12.4 Å². The highest BCUT2D eigenvalue weighted by Crippen LogP contribution is 2.06. The number of hydrogen-bond donors (Lipinski definition) is 0. The predicted octanol–water partition coefficient (Wildman–Crippen LogP) is 3.68. The maximum atomic E-state index is 4.01. The zero-order valence-electron chi connectivity index (χ0n) is 9.17. The van der Waals surface area contributed by atoms with Crippen LogP contribution in [0.1, 0.15) is 17.5 Å². The molecule has 0 aliphatic heterocycles. The van der Waals surface area contributed by atoms with Gasteiger partial charge in [-0.25, -0.2) is 0 Å². The van der Waals surface area contributed by atoms with Gasteiger partial charge in [-0.15, -0.1) is 12.4 Å². The highest BCUT2D eigenvalue weighted by atomic mass is 35.5. The topological polar surface area (TPSA) is 12.9 Å². The number of aromatic nitrogens is 1. The van der Waals surface area contributed by atoms with Crippen molar-refractivity contribution in [1.82, 2.24) is 4.98 Å². The molecule has 0 amide bonds. The SMILES string of the molecule is Cl.c1ccc(CCCc2ccncc2)cc1. The molecule has 84 valence electrons. The highest BCUT2D eigenvalue weighted by molar-refractivity contribution is 5.85. The van der Waals surface area contributed by atoms with Crippen LogP contribution in [0.4, 0.5) is 0 Å². The Kier molecular flexibility index (Phi) is 5.58. The van der Waals surface area contributed by atoms with Gasteiger partial charge in [0.2, 0.25) is 0 Å². The number of nitrogens with zero attached hydrogens (tertiary/aromatic N) is 1. The molecule has 0 spiro atoms. The van der Waals surface area contributed by atoms with E-state index in [-0.39, 0.29) is 12.4 Å². The molecule has 1 nitrogen and oxygen atoms in total. The molecule has 1 aromatic carbocycles. The number of hydrogen-bond acceptors (Lipinski definition) is 1. The molecule has 0 saturated carbocycles. The number of halogens is 1. The van der Waals surface area contributed by atoms with Crippen LogP contribution in [-0.2, 0) is 12.8 Å². The van der Waals surface area contributed by atoms with Crippen molar-refractivity contribution < 1.29 is 0 Å². The molecule has 0 aliphatic rings. The lowest BCUT2D eigenvalue weighted by atomic mass is 10.1. The van der Waals surface area contributed by atoms with E-state index in [0.717, 1.165) is 12.8 Å². The number of pyridine rings is 1. The standard InChI is InChI=1S/C14H15N.ClH/c1-2-5-13(6-3-1)7-4-8-14-9-11-15-12-10-14;/h1-3,5-6,9-12H,4,7-8H2;1H. The fourth-order valence-corrected chi connectivity index (χ4v) is 1.69. The van der Waals surface area contributed by atoms with Crippen molar-refractivity contribution in [2.24, 2.45) is 0 Å². The highest BCUT2D eigenvalue weighted by Gasteiger charge is 1.94. The normalized spacial score (nSPS) is 9.50. The molecule has 0 fully saturated rings. The minimum absolute atomic E-state index is 0. The molecule has 0 atom stereocenters. The van der Waals surface area contributed by atoms with Gasteiger partial charge in [0.05, 0.1) is 0 Å². The van der Waals surface area contributed by atoms with Crippen LogP contribution in [0, 0.1) is 0 Å². The van der Waals surface area contributed by atoms with Gasteiger partial charge in [-0.3, -0.25) is 4.98 Å². The van der Waals surface area contributed by atoms with E-state index >= 15 is 0 Å². The fourth-order valence-electron chi connectivity index (χ4n) is 1.69. The van der Waals surface area contributed by atoms with Gasteiger partial charge >= 0.3 is 0 Å². The summed E-state index contributed by atoms with van der Waals surface area (Å²) in [4.78, 5) is 4.01. The smallest absolute Gasteiger partial charge is 0.0270 e. The number of rotatable bonds is 4. The van der Waals surface area contributed by atoms with Gasteiger partial charge in [0, 0.05) is 12.4 Å². The van der Waals surface area contributed by atoms with Crippen molar-refractivity contribution in [3.8, 4) is 0 Å². The van der Waals surface area contributed by atoms with E-state index in [1.54, 1.807) is 0 Å². The van der Waals surface area contributed by atoms with E-state index in [2.05, 4.69) is 47.4 Å². The van der Waals surface area contributed by atoms with Gasteiger partial charge in [0.25, 0.3) is 0 Å². The van der Waals surface area contributed by atoms with Crippen LogP contribution < -0.4 is 0 Å². The molecule has 1 heterocycles. The Morgan fingerprint density at radius 2 is 1.31 bits per heavy atom. The zero-order chi connectivity index (χ0) is 10.3. The number of benzene rings is 1. The second kappa shape index (κ2) is 7.02. The summed E-state index contributed by atoms with van der Waals surface area (Å²) in [5.41, 5.74) is 2.80. The van der Waals surface area contributed by atoms with Gasteiger partial charge in [0.15, 0.2) is 0 Å². The first kappa shape index (κ1) is 12.7. The van der Waals surface area contributed by atoms with Gasteiger partial charge in [-0.1, -0.05) is 30.3 Å². The van der Waals surface area contributed by atoms with E-state index < -0.39 is 0 Å². The Morgan fingerprint density at radius 3 is 1.94 bits per heavy atom. The molecule has 0 aliphatic carbocycles. The summed E-state index contributed by atoms with van der Waals surface area (Å²) in [6.45, 7) is 0. The number of aryl methyl sites for hydroxylation is 2. The third kappa shape index (κ3) is 4.03. The van der Waals surface area contributed by atoms with Crippen molar-refractivity contribution in [3.05, 3.63) is 66.0 Å². The molecule has 2 heteroatoms. The Balaban J connectivity index is 0.00000128. The van der Waals surface area contributed by atoms with Gasteiger partial charge in [-0.05, 0) is 42.5 Å². The third-order valence-electron chi connectivity index (χ3n) is 2.52. The average molecular weight is 234 g/mol. The first-order valence-corrected chi connectivity index (χ1v) is 5.38. The van der Waals surface area contributed by atoms with Crippen molar-refractivity contribution in [2.75, 3.05) is 0 Å². The molecule has 1 aromatic heterocycles. The summed E-state index contributed by atoms with van der Waals surface area (Å²) in [6, 6.07) is 14.8. The largest absolute Gasteiger partial charge is 0.265 e. The Hall–Kier alpha value is -1.34. The van der Waals surface area contributed by atoms with Crippen LogP contribution in [0.15, 0.2) is 54.9 Å². The van der Waals surface area contributed by atoms with Gasteiger partial charge in [0.1, 0.15) is 0 Å². The third-order valence-corrected chi connectivity index (χ3v) is 2.52. The molecule has 2 aromatic rings. The maximum absolute atomic E-state index is 4.01. The Labute approximate surface area is 103 Å². The van der Waals surface area contributed by atoms with E-state index in [4.69, 9.17) is 0 Å². The van der Waals surface area contributed by atoms with Crippen LogP contribution in [0.25, 0.3) is 0 Å². The average Bonchev–Trinajstić information content (AvgIpc) is 2.32. The van der Waals surface area contributed by atoms with E-state index in [9.17, 15) is 0 Å². The van der Waals surface area contributed by atoms with Gasteiger partial charge < -0.3 is 0 Å². The molecule has 16 heavy (non-hydrogen) atoms. The second-order valence-electron chi connectivity index (χ2n) is 3.69. The zero-order valence-corrected chi connectivity index (χ0v) is 9.99. The monoisotopic (exact) mass is 233 g/mol. The molecule has 2 rings (SSSR count). The van der Waals surface area contributed by atoms with E-state index in [0.29, 0.717) is 0 Å². The first-order chi connectivity index (χ1) is 7.45. The van der Waals surface area contributed by atoms with E-state index in [1.165, 1.54) is 17.5 Å². The second-order valence-corrected chi connectivity index (χ2v) is 3.69. The lowest BCUT2D eigenvalue weighted by Crippen LogP contribution is -1.89. The molecule has 0 saturated heterocycles. The fraction of sp³-hybridized carbons (Fsp3) is 0.214. The minimum Gasteiger partial charge on any atom is -0.265 e. The van der Waals surface area contributed by atoms with Crippen LogP contribution in [0.5, 0.6) is 0 Å². The lowest BCUT2D eigenvalue weighted by Gasteiger charge is -2.01. The van der Waals surface area contributed by atoms with E-state index in [1.807, 2.05) is 12.4 Å². The minimum atomic E-state index is 0. The van der Waals surface area contributed by atoms with Crippen molar-refractivity contribution >= 4 is 12.4 Å². The summed E-state index contributed by atoms with van der Waals surface area (Å²) in [6.07, 6.45) is 7.21. The Morgan fingerprint density at radius 1 is 0.750 bits per heavy atom. The summed E-state index contributed by atoms with van der Waals surface area (Å²) in [7, 11) is 0. The van der Waals surface area contributed by atoms with Gasteiger partial charge in [-0.2, -0.15) is 0 Å². The maximum Gasteiger partial charge on any atom is 0.0270 e. The summed E-state index contributed by atoms with van der Waals surface area (Å²) in [5, 5.41) is 0. The van der Waals surface area contributed by atoms with Crippen molar-refractivity contribution in [1.29, 1.82) is 0 Å². The van der Waals surface area contributed by atoms with Crippen LogP contribution in [0.3, 0.4) is 0 Å². The van der Waals surface area contributed by atoms with Crippen LogP contribution in [0.2, 0.25) is 0 Å². The lowest BCUT2D eigenvalue weighted by molar-refractivity contribution is 0.819. The van der Waals surface area contributed by atoms with Crippen molar-refractivity contribution in [2.45, 2.75) is 19.3 Å². The summed E-state index contributed by atoms with van der Waals surface area (Å²) < 4.78 is 0. The molecule has 0 N–H and O–H groups in total.